The SMILES string of the molecule is Cc1ccc(-c2noc(-c3ccccc3NC(=O)[C@@H](C)Oc3ccccc3F)n2)cc1. The monoisotopic (exact) mass is 417 g/mol. The van der Waals surface area contributed by atoms with Gasteiger partial charge < -0.3 is 14.6 Å². The number of nitrogens with zero attached hydrogens (tertiary/aromatic N) is 2. The Hall–Kier alpha value is -4.00. The highest BCUT2D eigenvalue weighted by molar-refractivity contribution is 5.97. The minimum atomic E-state index is -0.921. The van der Waals surface area contributed by atoms with E-state index in [1.54, 1.807) is 43.3 Å². The van der Waals surface area contributed by atoms with Crippen molar-refractivity contribution in [2.24, 2.45) is 0 Å². The van der Waals surface area contributed by atoms with E-state index in [4.69, 9.17) is 9.26 Å². The standard InChI is InChI=1S/C24H20FN3O3/c1-15-11-13-17(14-12-15)22-27-24(31-28-22)18-7-3-5-9-20(18)26-23(29)16(2)30-21-10-6-4-8-19(21)25/h3-14,16H,1-2H3,(H,26,29)/t16-/m1/s1. The van der Waals surface area contributed by atoms with E-state index >= 15 is 0 Å². The minimum Gasteiger partial charge on any atom is -0.478 e. The van der Waals surface area contributed by atoms with Crippen LogP contribution in [0.4, 0.5) is 10.1 Å². The van der Waals surface area contributed by atoms with Crippen molar-refractivity contribution >= 4 is 11.6 Å². The van der Waals surface area contributed by atoms with Crippen molar-refractivity contribution in [1.29, 1.82) is 0 Å². The molecule has 1 aromatic heterocycles. The van der Waals surface area contributed by atoms with Gasteiger partial charge in [0.15, 0.2) is 17.7 Å². The first-order valence-electron chi connectivity index (χ1n) is 9.73. The van der Waals surface area contributed by atoms with Gasteiger partial charge in [0.25, 0.3) is 11.8 Å². The van der Waals surface area contributed by atoms with Gasteiger partial charge in [-0.2, -0.15) is 4.98 Å². The van der Waals surface area contributed by atoms with Crippen LogP contribution in [0.15, 0.2) is 77.3 Å². The third-order valence-corrected chi connectivity index (χ3v) is 4.66. The van der Waals surface area contributed by atoms with Crippen LogP contribution in [0.25, 0.3) is 22.8 Å². The number of amides is 1. The third kappa shape index (κ3) is 4.61. The fourth-order valence-electron chi connectivity index (χ4n) is 2.95. The topological polar surface area (TPSA) is 77.2 Å². The minimum absolute atomic E-state index is 0.0121. The van der Waals surface area contributed by atoms with Gasteiger partial charge in [-0.25, -0.2) is 4.39 Å². The van der Waals surface area contributed by atoms with Crippen LogP contribution in [0.1, 0.15) is 12.5 Å². The van der Waals surface area contributed by atoms with Crippen LogP contribution >= 0.6 is 0 Å². The molecular formula is C24H20FN3O3. The molecule has 4 aromatic rings. The molecule has 0 saturated heterocycles. The number of aryl methyl sites for hydroxylation is 1. The zero-order valence-electron chi connectivity index (χ0n) is 17.0. The second-order valence-corrected chi connectivity index (χ2v) is 7.01. The lowest BCUT2D eigenvalue weighted by Gasteiger charge is -2.16. The van der Waals surface area contributed by atoms with Crippen molar-refractivity contribution in [3.05, 3.63) is 84.2 Å². The van der Waals surface area contributed by atoms with Crippen molar-refractivity contribution in [3.63, 3.8) is 0 Å². The smallest absolute Gasteiger partial charge is 0.265 e. The number of carbonyl (C=O) groups is 1. The van der Waals surface area contributed by atoms with Crippen LogP contribution in [0.3, 0.4) is 0 Å². The average Bonchev–Trinajstić information content (AvgIpc) is 3.26. The number of ether oxygens (including phenoxy) is 1. The maximum atomic E-state index is 13.8. The molecule has 0 bridgehead atoms. The Bertz CT molecular complexity index is 1200. The number of hydrogen-bond donors (Lipinski definition) is 1. The van der Waals surface area contributed by atoms with Crippen LogP contribution in [-0.2, 0) is 4.79 Å². The number of hydrogen-bond acceptors (Lipinski definition) is 5. The normalized spacial score (nSPS) is 11.7. The molecule has 1 amide bonds. The van der Waals surface area contributed by atoms with Gasteiger partial charge in [-0.15, -0.1) is 0 Å². The van der Waals surface area contributed by atoms with Crippen molar-refractivity contribution in [2.45, 2.75) is 20.0 Å². The Balaban J connectivity index is 1.53. The molecule has 0 aliphatic heterocycles. The number of benzene rings is 3. The second-order valence-electron chi connectivity index (χ2n) is 7.01. The van der Waals surface area contributed by atoms with Crippen LogP contribution in [0.2, 0.25) is 0 Å². The molecule has 0 spiro atoms. The molecule has 7 heteroatoms. The van der Waals surface area contributed by atoms with E-state index in [-0.39, 0.29) is 11.6 Å². The lowest BCUT2D eigenvalue weighted by Crippen LogP contribution is -2.30. The fraction of sp³-hybridized carbons (Fsp3) is 0.125. The number of nitrogens with one attached hydrogen (secondary N) is 1. The Morgan fingerprint density at radius 2 is 1.74 bits per heavy atom. The van der Waals surface area contributed by atoms with Gasteiger partial charge in [-0.1, -0.05) is 59.3 Å². The predicted octanol–water partition coefficient (Wildman–Crippen LogP) is 5.26. The first-order chi connectivity index (χ1) is 15.0. The molecule has 0 aliphatic rings. The summed E-state index contributed by atoms with van der Waals surface area (Å²) in [6, 6.07) is 20.8. The summed E-state index contributed by atoms with van der Waals surface area (Å²) in [5.41, 5.74) is 3.01. The van der Waals surface area contributed by atoms with Crippen LogP contribution in [-0.4, -0.2) is 22.2 Å². The average molecular weight is 417 g/mol. The zero-order chi connectivity index (χ0) is 21.8. The molecule has 6 nitrogen and oxygen atoms in total. The van der Waals surface area contributed by atoms with E-state index < -0.39 is 17.8 Å². The molecule has 1 N–H and O–H groups in total. The third-order valence-electron chi connectivity index (χ3n) is 4.66. The zero-order valence-corrected chi connectivity index (χ0v) is 17.0. The molecule has 4 rings (SSSR count). The van der Waals surface area contributed by atoms with Crippen molar-refractivity contribution in [2.75, 3.05) is 5.32 Å². The van der Waals surface area contributed by atoms with E-state index in [0.717, 1.165) is 11.1 Å². The summed E-state index contributed by atoms with van der Waals surface area (Å²) in [4.78, 5) is 17.1. The van der Waals surface area contributed by atoms with Crippen LogP contribution in [0.5, 0.6) is 5.75 Å². The molecule has 1 atom stereocenters. The van der Waals surface area contributed by atoms with E-state index in [2.05, 4.69) is 15.5 Å². The molecule has 0 aliphatic carbocycles. The summed E-state index contributed by atoms with van der Waals surface area (Å²) in [5, 5.41) is 6.84. The maximum absolute atomic E-state index is 13.8. The molecule has 1 heterocycles. The molecule has 0 radical (unpaired) electrons. The highest BCUT2D eigenvalue weighted by Crippen LogP contribution is 2.29. The summed E-state index contributed by atoms with van der Waals surface area (Å²) in [5.74, 6) is -0.231. The van der Waals surface area contributed by atoms with Crippen molar-refractivity contribution in [3.8, 4) is 28.6 Å². The first kappa shape index (κ1) is 20.3. The summed E-state index contributed by atoms with van der Waals surface area (Å²) >= 11 is 0. The van der Waals surface area contributed by atoms with Crippen LogP contribution < -0.4 is 10.1 Å². The fourth-order valence-corrected chi connectivity index (χ4v) is 2.95. The Morgan fingerprint density at radius 1 is 1.03 bits per heavy atom. The quantitative estimate of drug-likeness (QED) is 0.463. The van der Waals surface area contributed by atoms with Gasteiger partial charge in [-0.3, -0.25) is 4.79 Å². The number of anilines is 1. The molecule has 0 saturated carbocycles. The highest BCUT2D eigenvalue weighted by atomic mass is 19.1. The second kappa shape index (κ2) is 8.79. The summed E-state index contributed by atoms with van der Waals surface area (Å²) < 4.78 is 24.7. The Labute approximate surface area is 178 Å². The number of carbonyl (C=O) groups excluding carboxylic acids is 1. The summed E-state index contributed by atoms with van der Waals surface area (Å²) in [7, 11) is 0. The summed E-state index contributed by atoms with van der Waals surface area (Å²) in [6.07, 6.45) is -0.921. The molecular weight excluding hydrogens is 397 g/mol. The van der Waals surface area contributed by atoms with E-state index in [1.165, 1.54) is 12.1 Å². The maximum Gasteiger partial charge on any atom is 0.265 e. The number of halogens is 1. The van der Waals surface area contributed by atoms with E-state index in [1.807, 2.05) is 31.2 Å². The summed E-state index contributed by atoms with van der Waals surface area (Å²) in [6.45, 7) is 3.55. The largest absolute Gasteiger partial charge is 0.478 e. The van der Waals surface area contributed by atoms with Gasteiger partial charge in [0.1, 0.15) is 0 Å². The first-order valence-corrected chi connectivity index (χ1v) is 9.73. The van der Waals surface area contributed by atoms with E-state index in [0.29, 0.717) is 17.1 Å². The van der Waals surface area contributed by atoms with Crippen molar-refractivity contribution < 1.29 is 18.4 Å². The van der Waals surface area contributed by atoms with Crippen molar-refractivity contribution in [1.82, 2.24) is 10.1 Å². The van der Waals surface area contributed by atoms with E-state index in [9.17, 15) is 9.18 Å². The number of para-hydroxylation sites is 2. The molecule has 156 valence electrons. The number of aromatic nitrogens is 2. The number of rotatable bonds is 6. The van der Waals surface area contributed by atoms with Gasteiger partial charge in [-0.05, 0) is 38.1 Å². The lowest BCUT2D eigenvalue weighted by atomic mass is 10.1. The molecule has 0 unspecified atom stereocenters. The Kier molecular flexibility index (Phi) is 5.75. The lowest BCUT2D eigenvalue weighted by molar-refractivity contribution is -0.122. The van der Waals surface area contributed by atoms with Gasteiger partial charge >= 0.3 is 0 Å². The van der Waals surface area contributed by atoms with Gasteiger partial charge in [0, 0.05) is 5.56 Å². The molecule has 31 heavy (non-hydrogen) atoms. The van der Waals surface area contributed by atoms with Gasteiger partial charge in [0.2, 0.25) is 5.82 Å². The highest BCUT2D eigenvalue weighted by Gasteiger charge is 2.20. The Morgan fingerprint density at radius 3 is 2.52 bits per heavy atom. The predicted molar refractivity (Wildman–Crippen MR) is 115 cm³/mol. The van der Waals surface area contributed by atoms with Crippen LogP contribution in [0, 0.1) is 12.7 Å². The molecule has 0 fully saturated rings. The van der Waals surface area contributed by atoms with Gasteiger partial charge in [0.05, 0.1) is 11.3 Å². The molecule has 3 aromatic carbocycles.